The van der Waals surface area contributed by atoms with Gasteiger partial charge in [-0.3, -0.25) is 4.79 Å². The quantitative estimate of drug-likeness (QED) is 0.484. The Balaban J connectivity index is 1.84. The highest BCUT2D eigenvalue weighted by Crippen LogP contribution is 2.49. The molecule has 8 nitrogen and oxygen atoms in total. The first-order valence-electron chi connectivity index (χ1n) is 12.6. The van der Waals surface area contributed by atoms with Crippen molar-refractivity contribution < 1.29 is 33.3 Å². The van der Waals surface area contributed by atoms with E-state index in [0.717, 1.165) is 11.3 Å². The zero-order valence-electron chi connectivity index (χ0n) is 23.0. The molecular formula is C30H35NO7. The van der Waals surface area contributed by atoms with Crippen LogP contribution in [0.1, 0.15) is 56.6 Å². The third kappa shape index (κ3) is 5.08. The van der Waals surface area contributed by atoms with Gasteiger partial charge < -0.3 is 29.0 Å². The van der Waals surface area contributed by atoms with Gasteiger partial charge in [0, 0.05) is 29.0 Å². The molecule has 8 heteroatoms. The standard InChI is InChI=1S/C30H35NO7/c1-16(2)38-30(33)27-17(3)31-22-12-19(18-8-10-25(36-6)26(14-18)37-7)13-23(32)29(22)28(27)21-15-20(34-4)9-11-24(21)35-5/h8-11,14-16,19,28,31H,12-13H2,1-7H3. The molecule has 2 atom stereocenters. The van der Waals surface area contributed by atoms with Gasteiger partial charge in [0.1, 0.15) is 11.5 Å². The summed E-state index contributed by atoms with van der Waals surface area (Å²) in [6.45, 7) is 5.44. The number of esters is 1. The van der Waals surface area contributed by atoms with E-state index in [1.165, 1.54) is 0 Å². The molecule has 1 aliphatic heterocycles. The van der Waals surface area contributed by atoms with Crippen LogP contribution in [0, 0.1) is 0 Å². The fourth-order valence-corrected chi connectivity index (χ4v) is 5.31. The summed E-state index contributed by atoms with van der Waals surface area (Å²) in [7, 11) is 6.33. The molecule has 2 aromatic rings. The number of dihydropyridines is 1. The van der Waals surface area contributed by atoms with Crippen molar-refractivity contribution in [1.82, 2.24) is 5.32 Å². The first-order valence-corrected chi connectivity index (χ1v) is 12.6. The number of methoxy groups -OCH3 is 4. The van der Waals surface area contributed by atoms with Gasteiger partial charge in [-0.05, 0) is 69.0 Å². The highest BCUT2D eigenvalue weighted by molar-refractivity contribution is 6.04. The number of carbonyl (C=O) groups excluding carboxylic acids is 2. The minimum atomic E-state index is -0.665. The number of ether oxygens (including phenoxy) is 5. The number of Topliss-reactive ketones (excluding diaryl/α,β-unsaturated/α-hetero) is 1. The molecule has 0 fully saturated rings. The van der Waals surface area contributed by atoms with Crippen LogP contribution in [0.25, 0.3) is 0 Å². The van der Waals surface area contributed by atoms with Crippen LogP contribution in [0.4, 0.5) is 0 Å². The number of carbonyl (C=O) groups is 2. The maximum atomic E-state index is 13.9. The van der Waals surface area contributed by atoms with Gasteiger partial charge in [-0.25, -0.2) is 4.79 Å². The van der Waals surface area contributed by atoms with Crippen LogP contribution >= 0.6 is 0 Å². The van der Waals surface area contributed by atoms with E-state index in [2.05, 4.69) is 5.32 Å². The second-order valence-corrected chi connectivity index (χ2v) is 9.69. The number of hydrogen-bond acceptors (Lipinski definition) is 8. The predicted octanol–water partition coefficient (Wildman–Crippen LogP) is 5.03. The molecule has 202 valence electrons. The summed E-state index contributed by atoms with van der Waals surface area (Å²) >= 11 is 0. The summed E-state index contributed by atoms with van der Waals surface area (Å²) in [5, 5.41) is 3.38. The number of nitrogens with one attached hydrogen (secondary N) is 1. The third-order valence-corrected chi connectivity index (χ3v) is 7.02. The lowest BCUT2D eigenvalue weighted by atomic mass is 9.71. The van der Waals surface area contributed by atoms with E-state index >= 15 is 0 Å². The molecule has 2 aliphatic rings. The number of allylic oxidation sites excluding steroid dienone is 3. The topological polar surface area (TPSA) is 92.3 Å². The first kappa shape index (κ1) is 27.1. The molecule has 4 rings (SSSR count). The number of hydrogen-bond donors (Lipinski definition) is 1. The van der Waals surface area contributed by atoms with Crippen LogP contribution in [-0.4, -0.2) is 46.3 Å². The van der Waals surface area contributed by atoms with Crippen LogP contribution in [0.3, 0.4) is 0 Å². The highest BCUT2D eigenvalue weighted by atomic mass is 16.5. The molecule has 38 heavy (non-hydrogen) atoms. The van der Waals surface area contributed by atoms with Crippen molar-refractivity contribution in [2.24, 2.45) is 0 Å². The lowest BCUT2D eigenvalue weighted by Crippen LogP contribution is -2.36. The summed E-state index contributed by atoms with van der Waals surface area (Å²) in [5.41, 5.74) is 4.02. The normalized spacial score (nSPS) is 19.1. The van der Waals surface area contributed by atoms with Crippen LogP contribution in [-0.2, 0) is 14.3 Å². The number of ketones is 1. The Morgan fingerprint density at radius 2 is 1.58 bits per heavy atom. The fourth-order valence-electron chi connectivity index (χ4n) is 5.31. The van der Waals surface area contributed by atoms with Crippen LogP contribution in [0.2, 0.25) is 0 Å². The minimum Gasteiger partial charge on any atom is -0.497 e. The Morgan fingerprint density at radius 1 is 0.895 bits per heavy atom. The maximum Gasteiger partial charge on any atom is 0.337 e. The molecule has 1 aliphatic carbocycles. The first-order chi connectivity index (χ1) is 18.2. The van der Waals surface area contributed by atoms with Crippen molar-refractivity contribution >= 4 is 11.8 Å². The second-order valence-electron chi connectivity index (χ2n) is 9.69. The molecule has 0 saturated carbocycles. The van der Waals surface area contributed by atoms with Gasteiger partial charge in [-0.15, -0.1) is 0 Å². The molecule has 0 aromatic heterocycles. The van der Waals surface area contributed by atoms with Crippen molar-refractivity contribution in [1.29, 1.82) is 0 Å². The van der Waals surface area contributed by atoms with Gasteiger partial charge in [-0.2, -0.15) is 0 Å². The summed E-state index contributed by atoms with van der Waals surface area (Å²) in [4.78, 5) is 27.3. The lowest BCUT2D eigenvalue weighted by molar-refractivity contribution is -0.143. The molecule has 1 N–H and O–H groups in total. The second kappa shape index (κ2) is 11.2. The summed E-state index contributed by atoms with van der Waals surface area (Å²) in [5.74, 6) is 1.15. The summed E-state index contributed by atoms with van der Waals surface area (Å²) in [6, 6.07) is 11.1. The molecular weight excluding hydrogens is 486 g/mol. The van der Waals surface area contributed by atoms with Gasteiger partial charge in [0.2, 0.25) is 0 Å². The minimum absolute atomic E-state index is 0.0456. The van der Waals surface area contributed by atoms with Crippen LogP contribution in [0.5, 0.6) is 23.0 Å². The molecule has 2 unspecified atom stereocenters. The van der Waals surface area contributed by atoms with Gasteiger partial charge in [0.25, 0.3) is 0 Å². The van der Waals surface area contributed by atoms with Crippen molar-refractivity contribution in [2.45, 2.75) is 51.6 Å². The number of benzene rings is 2. The average Bonchev–Trinajstić information content (AvgIpc) is 2.90. The fraction of sp³-hybridized carbons (Fsp3) is 0.400. The van der Waals surface area contributed by atoms with Crippen LogP contribution < -0.4 is 24.3 Å². The zero-order valence-corrected chi connectivity index (χ0v) is 23.0. The monoisotopic (exact) mass is 521 g/mol. The zero-order chi connectivity index (χ0) is 27.6. The van der Waals surface area contributed by atoms with Crippen molar-refractivity contribution in [3.8, 4) is 23.0 Å². The van der Waals surface area contributed by atoms with E-state index in [4.69, 9.17) is 23.7 Å². The highest BCUT2D eigenvalue weighted by Gasteiger charge is 2.43. The van der Waals surface area contributed by atoms with E-state index in [1.54, 1.807) is 54.4 Å². The predicted molar refractivity (Wildman–Crippen MR) is 143 cm³/mol. The van der Waals surface area contributed by atoms with Gasteiger partial charge in [0.05, 0.1) is 46.0 Å². The summed E-state index contributed by atoms with van der Waals surface area (Å²) < 4.78 is 27.7. The van der Waals surface area contributed by atoms with E-state index in [0.29, 0.717) is 51.8 Å². The molecule has 0 spiro atoms. The van der Waals surface area contributed by atoms with Gasteiger partial charge in [0.15, 0.2) is 17.3 Å². The Bertz CT molecular complexity index is 1310. The Hall–Kier alpha value is -3.94. The molecule has 0 amide bonds. The summed E-state index contributed by atoms with van der Waals surface area (Å²) in [6.07, 6.45) is 0.551. The maximum absolute atomic E-state index is 13.9. The molecule has 0 bridgehead atoms. The van der Waals surface area contributed by atoms with Crippen molar-refractivity contribution in [2.75, 3.05) is 28.4 Å². The Kier molecular flexibility index (Phi) is 7.99. The van der Waals surface area contributed by atoms with E-state index < -0.39 is 11.9 Å². The van der Waals surface area contributed by atoms with E-state index in [-0.39, 0.29) is 24.2 Å². The lowest BCUT2D eigenvalue weighted by Gasteiger charge is -2.37. The van der Waals surface area contributed by atoms with Crippen LogP contribution in [0.15, 0.2) is 58.9 Å². The molecule has 0 radical (unpaired) electrons. The van der Waals surface area contributed by atoms with E-state index in [9.17, 15) is 9.59 Å². The SMILES string of the molecule is COc1ccc(OC)c(C2C(C(=O)OC(C)C)=C(C)NC3=C2C(=O)CC(c2ccc(OC)c(OC)c2)C3)c1. The average molecular weight is 522 g/mol. The van der Waals surface area contributed by atoms with E-state index in [1.807, 2.05) is 31.2 Å². The van der Waals surface area contributed by atoms with Crippen molar-refractivity contribution in [3.63, 3.8) is 0 Å². The Labute approximate surface area is 223 Å². The Morgan fingerprint density at radius 3 is 2.21 bits per heavy atom. The molecule has 1 heterocycles. The molecule has 2 aromatic carbocycles. The largest absolute Gasteiger partial charge is 0.497 e. The smallest absolute Gasteiger partial charge is 0.337 e. The van der Waals surface area contributed by atoms with Gasteiger partial charge in [-0.1, -0.05) is 6.07 Å². The van der Waals surface area contributed by atoms with Gasteiger partial charge >= 0.3 is 5.97 Å². The third-order valence-electron chi connectivity index (χ3n) is 7.02. The molecule has 0 saturated heterocycles. The number of rotatable bonds is 8. The van der Waals surface area contributed by atoms with Crippen molar-refractivity contribution in [3.05, 3.63) is 70.1 Å².